The molecule has 4 aromatic rings. The Morgan fingerprint density at radius 2 is 1.59 bits per heavy atom. The fourth-order valence-corrected chi connectivity index (χ4v) is 5.07. The predicted molar refractivity (Wildman–Crippen MR) is 133 cm³/mol. The van der Waals surface area contributed by atoms with Crippen molar-refractivity contribution in [3.05, 3.63) is 102 Å². The van der Waals surface area contributed by atoms with Crippen LogP contribution in [0.2, 0.25) is 0 Å². The average Bonchev–Trinajstić information content (AvgIpc) is 3.50. The van der Waals surface area contributed by atoms with Crippen molar-refractivity contribution in [1.82, 2.24) is 14.2 Å². The summed E-state index contributed by atoms with van der Waals surface area (Å²) in [6.07, 6.45) is 3.52. The minimum Gasteiger partial charge on any atom is -0.497 e. The van der Waals surface area contributed by atoms with Crippen LogP contribution in [0.4, 0.5) is 0 Å². The third-order valence-corrected chi connectivity index (χ3v) is 6.80. The first-order valence-electron chi connectivity index (χ1n) is 10.9. The highest BCUT2D eigenvalue weighted by molar-refractivity contribution is 7.88. The van der Waals surface area contributed by atoms with Gasteiger partial charge >= 0.3 is 0 Å². The van der Waals surface area contributed by atoms with E-state index in [1.165, 1.54) is 10.7 Å². The first kappa shape index (κ1) is 21.9. The van der Waals surface area contributed by atoms with E-state index in [0.29, 0.717) is 17.9 Å². The second-order valence-corrected chi connectivity index (χ2v) is 9.95. The molecule has 0 saturated heterocycles. The van der Waals surface area contributed by atoms with Crippen LogP contribution in [0.3, 0.4) is 0 Å². The van der Waals surface area contributed by atoms with Crippen LogP contribution in [0, 0.1) is 0 Å². The van der Waals surface area contributed by atoms with E-state index in [2.05, 4.69) is 5.10 Å². The van der Waals surface area contributed by atoms with E-state index < -0.39 is 16.1 Å². The lowest BCUT2D eigenvalue weighted by molar-refractivity contribution is 0.375. The summed E-state index contributed by atoms with van der Waals surface area (Å²) in [7, 11) is -2.01. The molecule has 8 heteroatoms. The molecule has 0 radical (unpaired) electrons. The van der Waals surface area contributed by atoms with E-state index in [1.54, 1.807) is 11.8 Å². The van der Waals surface area contributed by atoms with E-state index in [-0.39, 0.29) is 0 Å². The molecule has 0 fully saturated rings. The van der Waals surface area contributed by atoms with Crippen LogP contribution in [0.1, 0.15) is 23.6 Å². The van der Waals surface area contributed by atoms with Crippen LogP contribution in [0.25, 0.3) is 16.9 Å². The highest BCUT2D eigenvalue weighted by Crippen LogP contribution is 2.40. The number of aromatic nitrogens is 2. The number of hydrogen-bond acceptors (Lipinski definition) is 5. The van der Waals surface area contributed by atoms with Crippen molar-refractivity contribution in [1.29, 1.82) is 0 Å². The number of nitrogens with zero attached hydrogens (tertiary/aromatic N) is 4. The van der Waals surface area contributed by atoms with Gasteiger partial charge in [0.15, 0.2) is 0 Å². The lowest BCUT2D eigenvalue weighted by Crippen LogP contribution is -2.26. The van der Waals surface area contributed by atoms with E-state index in [4.69, 9.17) is 9.84 Å². The standard InChI is InChI=1S/C26H24N4O3S/c1-33-22-15-9-12-20(16-22)26-23(18-29(28-26)21-13-7-4-8-14-21)25-17-24(19-10-5-3-6-11-19)27-30(25)34(2,31)32/h3-16,18,25H,17H2,1-2H3/t25-/m0/s1. The molecule has 7 nitrogen and oxygen atoms in total. The molecule has 0 spiro atoms. The zero-order chi connectivity index (χ0) is 23.7. The van der Waals surface area contributed by atoms with Crippen LogP contribution in [-0.2, 0) is 10.0 Å². The molecule has 1 atom stereocenters. The largest absolute Gasteiger partial charge is 0.497 e. The maximum absolute atomic E-state index is 12.8. The summed E-state index contributed by atoms with van der Waals surface area (Å²) < 4.78 is 34.0. The molecule has 0 N–H and O–H groups in total. The number of hydrazone groups is 1. The summed E-state index contributed by atoms with van der Waals surface area (Å²) >= 11 is 0. The zero-order valence-electron chi connectivity index (χ0n) is 18.9. The first-order chi connectivity index (χ1) is 16.4. The molecule has 0 amide bonds. The van der Waals surface area contributed by atoms with E-state index in [9.17, 15) is 8.42 Å². The monoisotopic (exact) mass is 472 g/mol. The zero-order valence-corrected chi connectivity index (χ0v) is 19.7. The van der Waals surface area contributed by atoms with Gasteiger partial charge in [-0.1, -0.05) is 60.7 Å². The molecule has 5 rings (SSSR count). The molecule has 34 heavy (non-hydrogen) atoms. The molecule has 0 aliphatic carbocycles. The summed E-state index contributed by atoms with van der Waals surface area (Å²) in [4.78, 5) is 0. The number of sulfonamides is 1. The lowest BCUT2D eigenvalue weighted by atomic mass is 9.97. The van der Waals surface area contributed by atoms with E-state index in [1.807, 2.05) is 91.1 Å². The van der Waals surface area contributed by atoms with Gasteiger partial charge < -0.3 is 4.74 Å². The Bertz CT molecular complexity index is 1450. The topological polar surface area (TPSA) is 76.8 Å². The number of rotatable bonds is 6. The highest BCUT2D eigenvalue weighted by Gasteiger charge is 2.37. The van der Waals surface area contributed by atoms with Gasteiger partial charge in [-0.2, -0.15) is 14.6 Å². The lowest BCUT2D eigenvalue weighted by Gasteiger charge is -2.21. The summed E-state index contributed by atoms with van der Waals surface area (Å²) in [5.74, 6) is 0.699. The van der Waals surface area contributed by atoms with Crippen molar-refractivity contribution >= 4 is 15.7 Å². The number of para-hydroxylation sites is 1. The molecule has 172 valence electrons. The number of benzene rings is 3. The summed E-state index contributed by atoms with van der Waals surface area (Å²) in [6, 6.07) is 26.5. The van der Waals surface area contributed by atoms with Gasteiger partial charge in [-0.25, -0.2) is 13.1 Å². The summed E-state index contributed by atoms with van der Waals surface area (Å²) in [6.45, 7) is 0. The number of methoxy groups -OCH3 is 1. The predicted octanol–water partition coefficient (Wildman–Crippen LogP) is 4.66. The molecule has 0 unspecified atom stereocenters. The quantitative estimate of drug-likeness (QED) is 0.409. The van der Waals surface area contributed by atoms with Gasteiger partial charge in [-0.15, -0.1) is 0 Å². The fourth-order valence-electron chi connectivity index (χ4n) is 4.17. The average molecular weight is 473 g/mol. The second kappa shape index (κ2) is 8.79. The Kier molecular flexibility index (Phi) is 5.67. The molecular weight excluding hydrogens is 448 g/mol. The van der Waals surface area contributed by atoms with Gasteiger partial charge in [0.2, 0.25) is 10.0 Å². The minimum absolute atomic E-state index is 0.439. The van der Waals surface area contributed by atoms with Gasteiger partial charge in [0.25, 0.3) is 0 Å². The Labute approximate surface area is 199 Å². The maximum Gasteiger partial charge on any atom is 0.247 e. The van der Waals surface area contributed by atoms with Gasteiger partial charge in [0, 0.05) is 23.7 Å². The van der Waals surface area contributed by atoms with Crippen LogP contribution in [-0.4, -0.2) is 41.7 Å². The molecular formula is C26H24N4O3S. The molecule has 1 aliphatic heterocycles. The molecule has 1 aliphatic rings. The van der Waals surface area contributed by atoms with E-state index >= 15 is 0 Å². The van der Waals surface area contributed by atoms with Crippen LogP contribution in [0.5, 0.6) is 5.75 Å². The van der Waals surface area contributed by atoms with Gasteiger partial charge in [0.1, 0.15) is 5.75 Å². The maximum atomic E-state index is 12.8. The van der Waals surface area contributed by atoms with Crippen molar-refractivity contribution in [3.8, 4) is 22.7 Å². The van der Waals surface area contributed by atoms with Crippen LogP contribution < -0.4 is 4.74 Å². The van der Waals surface area contributed by atoms with E-state index in [0.717, 1.165) is 28.1 Å². The summed E-state index contributed by atoms with van der Waals surface area (Å²) in [5, 5.41) is 9.41. The van der Waals surface area contributed by atoms with Crippen LogP contribution in [0.15, 0.2) is 96.2 Å². The van der Waals surface area contributed by atoms with Crippen LogP contribution >= 0.6 is 0 Å². The normalized spacial score (nSPS) is 15.9. The third kappa shape index (κ3) is 4.20. The molecule has 3 aromatic carbocycles. The third-order valence-electron chi connectivity index (χ3n) is 5.78. The molecule has 2 heterocycles. The van der Waals surface area contributed by atoms with Gasteiger partial charge in [-0.3, -0.25) is 0 Å². The Balaban J connectivity index is 1.66. The van der Waals surface area contributed by atoms with Gasteiger partial charge in [-0.05, 0) is 29.8 Å². The minimum atomic E-state index is -3.62. The van der Waals surface area contributed by atoms with Gasteiger partial charge in [0.05, 0.1) is 36.5 Å². The highest BCUT2D eigenvalue weighted by atomic mass is 32.2. The number of ether oxygens (including phenoxy) is 1. The summed E-state index contributed by atoms with van der Waals surface area (Å²) in [5.41, 5.74) is 4.80. The van der Waals surface area contributed by atoms with Crippen molar-refractivity contribution in [2.75, 3.05) is 13.4 Å². The van der Waals surface area contributed by atoms with Crippen molar-refractivity contribution < 1.29 is 13.2 Å². The van der Waals surface area contributed by atoms with Crippen molar-refractivity contribution in [2.24, 2.45) is 5.10 Å². The van der Waals surface area contributed by atoms with Crippen molar-refractivity contribution in [3.63, 3.8) is 0 Å². The van der Waals surface area contributed by atoms with Crippen molar-refractivity contribution in [2.45, 2.75) is 12.5 Å². The first-order valence-corrected chi connectivity index (χ1v) is 12.7. The molecule has 0 bridgehead atoms. The molecule has 0 saturated carbocycles. The SMILES string of the molecule is COc1cccc(-c2nn(-c3ccccc3)cc2[C@@H]2CC(c3ccccc3)=NN2S(C)(=O)=O)c1. The smallest absolute Gasteiger partial charge is 0.247 e. The Morgan fingerprint density at radius 1 is 0.912 bits per heavy atom. The Hall–Kier alpha value is -3.91. The molecule has 1 aromatic heterocycles. The Morgan fingerprint density at radius 3 is 2.26 bits per heavy atom. The number of hydrogen-bond donors (Lipinski definition) is 0. The fraction of sp³-hybridized carbons (Fsp3) is 0.154. The second-order valence-electron chi connectivity index (χ2n) is 8.11.